The van der Waals surface area contributed by atoms with Crippen molar-refractivity contribution in [3.05, 3.63) is 130 Å². The number of ether oxygens (including phenoxy) is 1. The lowest BCUT2D eigenvalue weighted by molar-refractivity contribution is -0.182. The number of hydrogen-bond donors (Lipinski definition) is 3. The first-order valence-corrected chi connectivity index (χ1v) is 19.8. The summed E-state index contributed by atoms with van der Waals surface area (Å²) in [6, 6.07) is 29.3. The Hall–Kier alpha value is -5.18. The molecule has 1 unspecified atom stereocenters. The molecule has 6 rings (SSSR count). The van der Waals surface area contributed by atoms with Crippen molar-refractivity contribution in [1.29, 1.82) is 0 Å². The van der Waals surface area contributed by atoms with Crippen LogP contribution in [0.2, 0.25) is 0 Å². The molecule has 4 aromatic rings. The Balaban J connectivity index is 1.22. The summed E-state index contributed by atoms with van der Waals surface area (Å²) >= 11 is 8.57. The van der Waals surface area contributed by atoms with Gasteiger partial charge in [-0.3, -0.25) is 14.5 Å². The van der Waals surface area contributed by atoms with E-state index in [1.807, 2.05) is 60.0 Å². The lowest BCUT2D eigenvalue weighted by Gasteiger charge is -2.49. The Morgan fingerprint density at radius 3 is 2.04 bits per heavy atom. The summed E-state index contributed by atoms with van der Waals surface area (Å²) in [5.41, 5.74) is 0.361. The summed E-state index contributed by atoms with van der Waals surface area (Å²) in [5.74, 6) is -3.07. The maximum atomic E-state index is 13.6. The van der Waals surface area contributed by atoms with Crippen LogP contribution < -0.4 is 10.6 Å². The van der Waals surface area contributed by atoms with E-state index >= 15 is 0 Å². The van der Waals surface area contributed by atoms with Crippen LogP contribution in [0.4, 0.5) is 5.13 Å². The number of halogens is 1. The zero-order valence-electron chi connectivity index (χ0n) is 30.5. The van der Waals surface area contributed by atoms with Gasteiger partial charge in [-0.25, -0.2) is 14.6 Å². The highest BCUT2D eigenvalue weighted by Gasteiger charge is 2.54. The number of hydrogen-bond acceptors (Lipinski definition) is 11. The molecular formula is C40H40ClN5O7S2. The number of aromatic nitrogens is 1. The van der Waals surface area contributed by atoms with Crippen LogP contribution in [0.15, 0.2) is 113 Å². The van der Waals surface area contributed by atoms with Gasteiger partial charge in [-0.05, 0) is 50.0 Å². The minimum atomic E-state index is -1.72. The molecule has 1 saturated heterocycles. The Morgan fingerprint density at radius 1 is 0.964 bits per heavy atom. The third-order valence-corrected chi connectivity index (χ3v) is 11.4. The van der Waals surface area contributed by atoms with Gasteiger partial charge < -0.3 is 25.3 Å². The van der Waals surface area contributed by atoms with E-state index in [-0.39, 0.29) is 18.0 Å². The fourth-order valence-corrected chi connectivity index (χ4v) is 8.87. The number of rotatable bonds is 14. The molecule has 55 heavy (non-hydrogen) atoms. The highest BCUT2D eigenvalue weighted by atomic mass is 35.5. The molecule has 3 heterocycles. The van der Waals surface area contributed by atoms with E-state index in [9.17, 15) is 24.3 Å². The first kappa shape index (κ1) is 39.5. The van der Waals surface area contributed by atoms with Gasteiger partial charge in [-0.1, -0.05) is 96.2 Å². The predicted octanol–water partition coefficient (Wildman–Crippen LogP) is 6.17. The van der Waals surface area contributed by atoms with Gasteiger partial charge >= 0.3 is 11.9 Å². The van der Waals surface area contributed by atoms with E-state index in [2.05, 4.69) is 52.2 Å². The maximum Gasteiger partial charge on any atom is 0.354 e. The van der Waals surface area contributed by atoms with Crippen LogP contribution in [0.1, 0.15) is 50.1 Å². The molecule has 1 aromatic heterocycles. The van der Waals surface area contributed by atoms with E-state index in [1.165, 1.54) is 30.0 Å². The number of carboxylic acids is 1. The second-order valence-corrected chi connectivity index (χ2v) is 16.4. The molecule has 1 fully saturated rings. The number of nitrogens with zero attached hydrogens (tertiary/aromatic N) is 3. The molecule has 3 aromatic carbocycles. The number of oxime groups is 1. The lowest BCUT2D eigenvalue weighted by Crippen LogP contribution is -2.70. The number of thioether (sulfide) groups is 1. The number of β-lactam (4-membered cyclic amide) rings is 1. The molecule has 2 aliphatic heterocycles. The molecule has 286 valence electrons. The molecule has 0 spiro atoms. The maximum absolute atomic E-state index is 13.6. The van der Waals surface area contributed by atoms with Crippen LogP contribution in [0.3, 0.4) is 0 Å². The zero-order chi connectivity index (χ0) is 39.4. The van der Waals surface area contributed by atoms with Gasteiger partial charge in [-0.15, -0.1) is 34.7 Å². The van der Waals surface area contributed by atoms with E-state index in [1.54, 1.807) is 20.8 Å². The Kier molecular flexibility index (Phi) is 11.7. The van der Waals surface area contributed by atoms with Crippen LogP contribution in [0.5, 0.6) is 0 Å². The molecule has 0 radical (unpaired) electrons. The molecule has 12 nitrogen and oxygen atoms in total. The van der Waals surface area contributed by atoms with Gasteiger partial charge in [0.25, 0.3) is 11.8 Å². The molecule has 2 amide bonds. The summed E-state index contributed by atoms with van der Waals surface area (Å²) in [4.78, 5) is 63.1. The van der Waals surface area contributed by atoms with Crippen LogP contribution in [0.25, 0.3) is 0 Å². The smallest absolute Gasteiger partial charge is 0.354 e. The van der Waals surface area contributed by atoms with Gasteiger partial charge in [0.1, 0.15) is 34.5 Å². The lowest BCUT2D eigenvalue weighted by atomic mass is 9.77. The van der Waals surface area contributed by atoms with Crippen molar-refractivity contribution in [1.82, 2.24) is 15.2 Å². The molecule has 3 atom stereocenters. The standard InChI is InChI=1S/C40H40ClN5O7S2/c1-38(2,3)52-36(51)39(4,53-42-22-30(47)44-31-33(48)46-32(35(49)50)25(21-41)23-54-34(31)46)20-29-24-55-37(43-29)45-40(26-14-8-5-9-15-26,27-16-10-6-11-17-27)28-18-12-7-13-19-28/h5-19,22,24,31,34H,20-21,23H2,1-4H3,(H,43,45)(H,44,47)(H,49,50)/b42-22-/t31-,34-,39?/m1/s1. The van der Waals surface area contributed by atoms with Crippen LogP contribution >= 0.6 is 34.7 Å². The number of carboxylic acid groups (broad SMARTS) is 1. The SMILES string of the molecule is CC(C)(C)OC(=O)C(C)(Cc1csc(NC(c2ccccc2)(c2ccccc2)c2ccccc2)n1)O/N=C\C(=O)N[C@@H]1C(=O)N2C(C(=O)O)=C(CCl)CS[C@H]12. The van der Waals surface area contributed by atoms with Crippen molar-refractivity contribution in [3.8, 4) is 0 Å². The van der Waals surface area contributed by atoms with Gasteiger partial charge in [0.15, 0.2) is 5.13 Å². The Bertz CT molecular complexity index is 2010. The second kappa shape index (κ2) is 16.3. The van der Waals surface area contributed by atoms with E-state index in [0.717, 1.165) is 27.8 Å². The number of anilines is 1. The van der Waals surface area contributed by atoms with Crippen molar-refractivity contribution in [3.63, 3.8) is 0 Å². The zero-order valence-corrected chi connectivity index (χ0v) is 32.9. The van der Waals surface area contributed by atoms with E-state index in [0.29, 0.717) is 22.2 Å². The molecule has 0 aliphatic carbocycles. The summed E-state index contributed by atoms with van der Waals surface area (Å²) < 4.78 is 5.71. The molecule has 15 heteroatoms. The molecule has 0 saturated carbocycles. The van der Waals surface area contributed by atoms with Crippen molar-refractivity contribution >= 4 is 69.8 Å². The topological polar surface area (TPSA) is 160 Å². The minimum Gasteiger partial charge on any atom is -0.477 e. The summed E-state index contributed by atoms with van der Waals surface area (Å²) in [6.45, 7) is 6.69. The van der Waals surface area contributed by atoms with Gasteiger partial charge in [0.05, 0.1) is 5.69 Å². The van der Waals surface area contributed by atoms with E-state index in [4.69, 9.17) is 26.2 Å². The van der Waals surface area contributed by atoms with Gasteiger partial charge in [0, 0.05) is 23.4 Å². The number of fused-ring (bicyclic) bond motifs is 1. The third kappa shape index (κ3) is 8.41. The first-order chi connectivity index (χ1) is 26.3. The number of benzene rings is 3. The summed E-state index contributed by atoms with van der Waals surface area (Å²) in [6.07, 6.45) is 0.766. The predicted molar refractivity (Wildman–Crippen MR) is 213 cm³/mol. The number of aliphatic carboxylic acids is 1. The first-order valence-electron chi connectivity index (χ1n) is 17.4. The number of carbonyl (C=O) groups is 4. The van der Waals surface area contributed by atoms with Crippen molar-refractivity contribution < 1.29 is 33.9 Å². The number of carbonyl (C=O) groups excluding carboxylic acids is 3. The van der Waals surface area contributed by atoms with E-state index < -0.39 is 51.9 Å². The number of thiazole rings is 1. The van der Waals surface area contributed by atoms with Gasteiger partial charge in [0.2, 0.25) is 5.60 Å². The highest BCUT2D eigenvalue weighted by Crippen LogP contribution is 2.42. The fraction of sp³-hybridized carbons (Fsp3) is 0.300. The quantitative estimate of drug-likeness (QED) is 0.0336. The number of alkyl halides is 1. The average molecular weight is 802 g/mol. The van der Waals surface area contributed by atoms with Crippen molar-refractivity contribution in [2.75, 3.05) is 16.9 Å². The van der Waals surface area contributed by atoms with Gasteiger partial charge in [-0.2, -0.15) is 0 Å². The van der Waals surface area contributed by atoms with Crippen LogP contribution in [0, 0.1) is 0 Å². The average Bonchev–Trinajstić information content (AvgIpc) is 3.61. The highest BCUT2D eigenvalue weighted by molar-refractivity contribution is 8.00. The summed E-state index contributed by atoms with van der Waals surface area (Å²) in [7, 11) is 0. The van der Waals surface area contributed by atoms with Crippen LogP contribution in [-0.2, 0) is 40.7 Å². The van der Waals surface area contributed by atoms with Crippen LogP contribution in [-0.4, -0.2) is 79.2 Å². The number of amides is 2. The Morgan fingerprint density at radius 2 is 1.53 bits per heavy atom. The fourth-order valence-electron chi connectivity index (χ4n) is 6.43. The Labute approximate surface area is 331 Å². The molecule has 3 N–H and O–H groups in total. The molecule has 2 aliphatic rings. The second-order valence-electron chi connectivity index (χ2n) is 14.1. The normalized spacial score (nSPS) is 18.2. The monoisotopic (exact) mass is 801 g/mol. The minimum absolute atomic E-state index is 0.0306. The number of esters is 1. The summed E-state index contributed by atoms with van der Waals surface area (Å²) in [5, 5.41) is 21.6. The largest absolute Gasteiger partial charge is 0.477 e. The molecule has 0 bridgehead atoms. The van der Waals surface area contributed by atoms with Crippen molar-refractivity contribution in [2.45, 2.75) is 62.3 Å². The molecular weight excluding hydrogens is 762 g/mol. The van der Waals surface area contributed by atoms with Crippen molar-refractivity contribution in [2.24, 2.45) is 5.16 Å². The third-order valence-electron chi connectivity index (χ3n) is 8.95. The number of nitrogens with one attached hydrogen (secondary N) is 2.